The Morgan fingerprint density at radius 2 is 1.80 bits per heavy atom. The Morgan fingerprint density at radius 3 is 2.40 bits per heavy atom. The maximum Gasteiger partial charge on any atom is 0.124 e. The average molecular weight is 361 g/mol. The Hall–Kier alpha value is -0.970. The van der Waals surface area contributed by atoms with Crippen LogP contribution in [-0.2, 0) is 6.42 Å². The maximum atomic E-state index is 13.1. The first-order valence-corrected chi connectivity index (χ1v) is 7.24. The summed E-state index contributed by atoms with van der Waals surface area (Å²) >= 11 is 9.40. The smallest absolute Gasteiger partial charge is 0.124 e. The van der Waals surface area contributed by atoms with Crippen LogP contribution in [0.5, 0.6) is 0 Å². The molecular formula is C15H13BrClF2N. The normalized spacial score (nSPS) is 12.4. The molecule has 0 aromatic heterocycles. The summed E-state index contributed by atoms with van der Waals surface area (Å²) < 4.78 is 26.9. The molecule has 0 heterocycles. The van der Waals surface area contributed by atoms with Crippen LogP contribution < -0.4 is 5.32 Å². The Labute approximate surface area is 130 Å². The zero-order valence-electron chi connectivity index (χ0n) is 10.8. The first kappa shape index (κ1) is 15.4. The predicted octanol–water partition coefficient (Wildman–Crippen LogP) is 4.88. The number of halogens is 4. The second-order valence-electron chi connectivity index (χ2n) is 4.45. The maximum absolute atomic E-state index is 13.1. The fourth-order valence-electron chi connectivity index (χ4n) is 2.06. The fraction of sp³-hybridized carbons (Fsp3) is 0.200. The molecule has 0 radical (unpaired) electrons. The van der Waals surface area contributed by atoms with Crippen molar-refractivity contribution in [2.45, 2.75) is 12.5 Å². The monoisotopic (exact) mass is 359 g/mol. The summed E-state index contributed by atoms with van der Waals surface area (Å²) in [5.41, 5.74) is 1.76. The average Bonchev–Trinajstić information content (AvgIpc) is 2.39. The number of hydrogen-bond donors (Lipinski definition) is 1. The Morgan fingerprint density at radius 1 is 1.15 bits per heavy atom. The molecule has 0 saturated carbocycles. The van der Waals surface area contributed by atoms with Gasteiger partial charge in [-0.05, 0) is 48.9 Å². The van der Waals surface area contributed by atoms with Crippen LogP contribution in [-0.4, -0.2) is 7.05 Å². The molecule has 2 aromatic rings. The number of rotatable bonds is 4. The summed E-state index contributed by atoms with van der Waals surface area (Å²) in [7, 11) is 1.82. The summed E-state index contributed by atoms with van der Waals surface area (Å²) in [6, 6.07) is 8.85. The van der Waals surface area contributed by atoms with Crippen molar-refractivity contribution in [3.05, 3.63) is 68.7 Å². The van der Waals surface area contributed by atoms with Crippen molar-refractivity contribution in [2.24, 2.45) is 0 Å². The van der Waals surface area contributed by atoms with Crippen LogP contribution in [0.25, 0.3) is 0 Å². The number of benzene rings is 2. The highest BCUT2D eigenvalue weighted by Crippen LogP contribution is 2.29. The molecule has 20 heavy (non-hydrogen) atoms. The molecule has 0 saturated heterocycles. The van der Waals surface area contributed by atoms with Crippen molar-refractivity contribution in [1.29, 1.82) is 0 Å². The van der Waals surface area contributed by atoms with Gasteiger partial charge >= 0.3 is 0 Å². The van der Waals surface area contributed by atoms with Crippen LogP contribution >= 0.6 is 27.5 Å². The van der Waals surface area contributed by atoms with Gasteiger partial charge in [-0.2, -0.15) is 0 Å². The molecule has 1 atom stereocenters. The van der Waals surface area contributed by atoms with Gasteiger partial charge in [0.05, 0.1) is 0 Å². The van der Waals surface area contributed by atoms with Crippen molar-refractivity contribution in [2.75, 3.05) is 7.05 Å². The lowest BCUT2D eigenvalue weighted by Crippen LogP contribution is -2.19. The summed E-state index contributed by atoms with van der Waals surface area (Å²) in [6.07, 6.45) is 0.583. The van der Waals surface area contributed by atoms with E-state index in [0.29, 0.717) is 15.9 Å². The molecule has 0 aliphatic heterocycles. The fourth-order valence-corrected chi connectivity index (χ4v) is 2.93. The summed E-state index contributed by atoms with van der Waals surface area (Å²) in [5, 5.41) is 3.56. The second-order valence-corrected chi connectivity index (χ2v) is 5.71. The molecule has 0 fully saturated rings. The molecule has 1 N–H and O–H groups in total. The lowest BCUT2D eigenvalue weighted by atomic mass is 9.99. The van der Waals surface area contributed by atoms with Crippen molar-refractivity contribution in [3.63, 3.8) is 0 Å². The SMILES string of the molecule is CNC(Cc1ccc(F)cc1Cl)c1ccc(F)cc1Br. The molecule has 1 unspecified atom stereocenters. The van der Waals surface area contributed by atoms with Crippen molar-refractivity contribution in [3.8, 4) is 0 Å². The predicted molar refractivity (Wildman–Crippen MR) is 81.0 cm³/mol. The minimum atomic E-state index is -0.359. The van der Waals surface area contributed by atoms with E-state index in [1.807, 2.05) is 7.05 Å². The van der Waals surface area contributed by atoms with Gasteiger partial charge < -0.3 is 5.32 Å². The first-order chi connectivity index (χ1) is 9.51. The molecular weight excluding hydrogens is 348 g/mol. The minimum absolute atomic E-state index is 0.0482. The summed E-state index contributed by atoms with van der Waals surface area (Å²) in [6.45, 7) is 0. The largest absolute Gasteiger partial charge is 0.313 e. The van der Waals surface area contributed by atoms with Gasteiger partial charge in [0.2, 0.25) is 0 Å². The van der Waals surface area contributed by atoms with Crippen LogP contribution in [0.3, 0.4) is 0 Å². The Balaban J connectivity index is 2.28. The van der Waals surface area contributed by atoms with E-state index in [0.717, 1.165) is 11.1 Å². The van der Waals surface area contributed by atoms with E-state index >= 15 is 0 Å². The third-order valence-corrected chi connectivity index (χ3v) is 4.16. The molecule has 5 heteroatoms. The molecule has 0 bridgehead atoms. The van der Waals surface area contributed by atoms with E-state index in [1.165, 1.54) is 24.3 Å². The van der Waals surface area contributed by atoms with Gasteiger partial charge in [-0.25, -0.2) is 8.78 Å². The number of hydrogen-bond acceptors (Lipinski definition) is 1. The number of likely N-dealkylation sites (N-methyl/N-ethyl adjacent to an activating group) is 1. The standard InChI is InChI=1S/C15H13BrClF2N/c1-20-15(12-5-4-10(18)7-13(12)16)6-9-2-3-11(19)8-14(9)17/h2-5,7-8,15,20H,6H2,1H3. The van der Waals surface area contributed by atoms with Crippen LogP contribution in [0.2, 0.25) is 5.02 Å². The molecule has 106 valence electrons. The minimum Gasteiger partial charge on any atom is -0.313 e. The Kier molecular flexibility index (Phi) is 5.13. The van der Waals surface area contributed by atoms with Crippen LogP contribution in [0.15, 0.2) is 40.9 Å². The van der Waals surface area contributed by atoms with Gasteiger partial charge in [0, 0.05) is 15.5 Å². The highest BCUT2D eigenvalue weighted by atomic mass is 79.9. The Bertz CT molecular complexity index is 619. The second kappa shape index (κ2) is 6.66. The number of nitrogens with one attached hydrogen (secondary N) is 1. The first-order valence-electron chi connectivity index (χ1n) is 6.07. The van der Waals surface area contributed by atoms with Gasteiger partial charge in [-0.1, -0.05) is 39.7 Å². The van der Waals surface area contributed by atoms with Gasteiger partial charge in [0.25, 0.3) is 0 Å². The molecule has 1 nitrogen and oxygen atoms in total. The molecule has 0 spiro atoms. The lowest BCUT2D eigenvalue weighted by molar-refractivity contribution is 0.581. The molecule has 2 rings (SSSR count). The highest BCUT2D eigenvalue weighted by molar-refractivity contribution is 9.10. The van der Waals surface area contributed by atoms with E-state index in [4.69, 9.17) is 11.6 Å². The zero-order chi connectivity index (χ0) is 14.7. The van der Waals surface area contributed by atoms with E-state index in [2.05, 4.69) is 21.2 Å². The van der Waals surface area contributed by atoms with Crippen molar-refractivity contribution < 1.29 is 8.78 Å². The van der Waals surface area contributed by atoms with Crippen molar-refractivity contribution in [1.82, 2.24) is 5.32 Å². The molecule has 0 amide bonds. The van der Waals surface area contributed by atoms with E-state index in [-0.39, 0.29) is 17.7 Å². The van der Waals surface area contributed by atoms with Gasteiger partial charge in [0.1, 0.15) is 11.6 Å². The van der Waals surface area contributed by atoms with E-state index in [1.54, 1.807) is 12.1 Å². The topological polar surface area (TPSA) is 12.0 Å². The quantitative estimate of drug-likeness (QED) is 0.819. The van der Waals surface area contributed by atoms with E-state index < -0.39 is 0 Å². The van der Waals surface area contributed by atoms with Gasteiger partial charge in [0.15, 0.2) is 0 Å². The summed E-state index contributed by atoms with van der Waals surface area (Å²) in [5.74, 6) is -0.655. The molecule has 2 aromatic carbocycles. The highest BCUT2D eigenvalue weighted by Gasteiger charge is 2.15. The van der Waals surface area contributed by atoms with Crippen LogP contribution in [0.4, 0.5) is 8.78 Å². The summed E-state index contributed by atoms with van der Waals surface area (Å²) in [4.78, 5) is 0. The third kappa shape index (κ3) is 3.57. The van der Waals surface area contributed by atoms with Crippen LogP contribution in [0.1, 0.15) is 17.2 Å². The zero-order valence-corrected chi connectivity index (χ0v) is 13.1. The van der Waals surface area contributed by atoms with E-state index in [9.17, 15) is 8.78 Å². The third-order valence-electron chi connectivity index (χ3n) is 3.13. The molecule has 0 aliphatic carbocycles. The van der Waals surface area contributed by atoms with Gasteiger partial charge in [-0.3, -0.25) is 0 Å². The van der Waals surface area contributed by atoms with Gasteiger partial charge in [-0.15, -0.1) is 0 Å². The lowest BCUT2D eigenvalue weighted by Gasteiger charge is -2.19. The van der Waals surface area contributed by atoms with Crippen LogP contribution in [0, 0.1) is 11.6 Å². The van der Waals surface area contributed by atoms with Crippen molar-refractivity contribution >= 4 is 27.5 Å². The molecule has 0 aliphatic rings.